The first-order valence-electron chi connectivity index (χ1n) is 9.05. The fourth-order valence-corrected chi connectivity index (χ4v) is 3.61. The number of unbranched alkanes of at least 4 members (excludes halogenated alkanes) is 1. The normalized spacial score (nSPS) is 18.9. The van der Waals surface area contributed by atoms with Gasteiger partial charge in [0.25, 0.3) is 11.7 Å². The number of rotatable bonds is 5. The zero-order valence-corrected chi connectivity index (χ0v) is 16.2. The predicted octanol–water partition coefficient (Wildman–Crippen LogP) is 4.87. The van der Waals surface area contributed by atoms with Crippen LogP contribution in [0.5, 0.6) is 0 Å². The van der Waals surface area contributed by atoms with Crippen molar-refractivity contribution in [1.82, 2.24) is 4.90 Å². The van der Waals surface area contributed by atoms with Crippen LogP contribution in [0.4, 0.5) is 0 Å². The molecule has 2 aromatic carbocycles. The predicted molar refractivity (Wildman–Crippen MR) is 107 cm³/mol. The minimum atomic E-state index is -0.657. The number of Topliss-reactive ketones (excluding diaryl/α,β-unsaturated/α-hetero) is 1. The Kier molecular flexibility index (Phi) is 5.66. The van der Waals surface area contributed by atoms with Crippen LogP contribution in [0.2, 0.25) is 5.02 Å². The molecule has 3 rings (SSSR count). The van der Waals surface area contributed by atoms with Crippen molar-refractivity contribution in [3.63, 3.8) is 0 Å². The fourth-order valence-electron chi connectivity index (χ4n) is 3.42. The number of carbonyl (C=O) groups excluding carboxylic acids is 2. The number of aliphatic hydroxyl groups excluding tert-OH is 1. The summed E-state index contributed by atoms with van der Waals surface area (Å²) in [7, 11) is 0. The van der Waals surface area contributed by atoms with Crippen LogP contribution >= 0.6 is 11.6 Å². The maximum Gasteiger partial charge on any atom is 0.295 e. The van der Waals surface area contributed by atoms with Gasteiger partial charge in [-0.3, -0.25) is 9.59 Å². The van der Waals surface area contributed by atoms with E-state index < -0.39 is 17.7 Å². The summed E-state index contributed by atoms with van der Waals surface area (Å²) in [6, 6.07) is 13.7. The van der Waals surface area contributed by atoms with Gasteiger partial charge in [-0.1, -0.05) is 66.9 Å². The van der Waals surface area contributed by atoms with Gasteiger partial charge in [0.15, 0.2) is 0 Å². The summed E-state index contributed by atoms with van der Waals surface area (Å²) in [5.74, 6) is -1.42. The van der Waals surface area contributed by atoms with Crippen LogP contribution in [0, 0.1) is 6.92 Å². The van der Waals surface area contributed by atoms with Crippen LogP contribution in [0.1, 0.15) is 42.5 Å². The Morgan fingerprint density at radius 2 is 1.89 bits per heavy atom. The minimum Gasteiger partial charge on any atom is -0.507 e. The van der Waals surface area contributed by atoms with Gasteiger partial charge in [0.05, 0.1) is 11.6 Å². The molecule has 1 aliphatic rings. The summed E-state index contributed by atoms with van der Waals surface area (Å²) in [6.45, 7) is 4.45. The van der Waals surface area contributed by atoms with Crippen molar-refractivity contribution < 1.29 is 14.7 Å². The molecule has 1 amide bonds. The molecule has 0 spiro atoms. The molecule has 1 heterocycles. The number of halogens is 1. The number of hydrogen-bond acceptors (Lipinski definition) is 3. The third kappa shape index (κ3) is 3.76. The van der Waals surface area contributed by atoms with Crippen molar-refractivity contribution >= 4 is 29.1 Å². The molecule has 0 saturated carbocycles. The highest BCUT2D eigenvalue weighted by Crippen LogP contribution is 2.39. The van der Waals surface area contributed by atoms with E-state index in [1.807, 2.05) is 38.1 Å². The molecule has 0 aromatic heterocycles. The summed E-state index contributed by atoms with van der Waals surface area (Å²) in [4.78, 5) is 27.1. The van der Waals surface area contributed by atoms with Crippen LogP contribution in [0.15, 0.2) is 54.1 Å². The third-order valence-corrected chi connectivity index (χ3v) is 4.98. The average molecular weight is 384 g/mol. The maximum absolute atomic E-state index is 12.8. The molecule has 27 heavy (non-hydrogen) atoms. The van der Waals surface area contributed by atoms with Crippen molar-refractivity contribution in [2.24, 2.45) is 0 Å². The lowest BCUT2D eigenvalue weighted by atomic mass is 9.94. The molecule has 140 valence electrons. The van der Waals surface area contributed by atoms with E-state index in [1.165, 1.54) is 0 Å². The zero-order valence-electron chi connectivity index (χ0n) is 15.4. The summed E-state index contributed by atoms with van der Waals surface area (Å²) in [5, 5.41) is 11.3. The molecule has 1 aliphatic heterocycles. The van der Waals surface area contributed by atoms with Gasteiger partial charge in [-0.15, -0.1) is 0 Å². The van der Waals surface area contributed by atoms with Gasteiger partial charge in [-0.25, -0.2) is 0 Å². The first-order valence-corrected chi connectivity index (χ1v) is 9.42. The van der Waals surface area contributed by atoms with Crippen molar-refractivity contribution in [3.05, 3.63) is 75.8 Å². The number of benzene rings is 2. The largest absolute Gasteiger partial charge is 0.507 e. The van der Waals surface area contributed by atoms with Gasteiger partial charge in [0.1, 0.15) is 5.76 Å². The second-order valence-electron chi connectivity index (χ2n) is 6.77. The molecule has 1 unspecified atom stereocenters. The molecular formula is C22H22ClNO3. The van der Waals surface area contributed by atoms with E-state index in [1.54, 1.807) is 29.2 Å². The van der Waals surface area contributed by atoms with E-state index in [9.17, 15) is 14.7 Å². The van der Waals surface area contributed by atoms with Gasteiger partial charge in [0.2, 0.25) is 0 Å². The molecule has 0 radical (unpaired) electrons. The van der Waals surface area contributed by atoms with E-state index in [0.717, 1.165) is 24.0 Å². The summed E-state index contributed by atoms with van der Waals surface area (Å²) in [6.07, 6.45) is 1.68. The lowest BCUT2D eigenvalue weighted by molar-refractivity contribution is -0.139. The van der Waals surface area contributed by atoms with Gasteiger partial charge in [-0.2, -0.15) is 0 Å². The summed E-state index contributed by atoms with van der Waals surface area (Å²) in [5.41, 5.74) is 2.38. The standard InChI is InChI=1S/C22H22ClNO3/c1-3-4-11-24-19(15-8-5-7-14(2)12-15)18(21(26)22(24)27)20(25)16-9-6-10-17(23)13-16/h5-10,12-13,19,25H,3-4,11H2,1-2H3/b20-18-. The number of amides is 1. The van der Waals surface area contributed by atoms with Crippen LogP contribution in [-0.2, 0) is 9.59 Å². The number of nitrogens with zero attached hydrogens (tertiary/aromatic N) is 1. The molecule has 1 atom stereocenters. The Bertz CT molecular complexity index is 919. The number of likely N-dealkylation sites (tertiary alicyclic amines) is 1. The van der Waals surface area contributed by atoms with Crippen molar-refractivity contribution in [2.45, 2.75) is 32.7 Å². The number of carbonyl (C=O) groups is 2. The van der Waals surface area contributed by atoms with Crippen molar-refractivity contribution in [3.8, 4) is 0 Å². The summed E-state index contributed by atoms with van der Waals surface area (Å²) < 4.78 is 0. The first-order chi connectivity index (χ1) is 12.9. The third-order valence-electron chi connectivity index (χ3n) is 4.75. The Morgan fingerprint density at radius 1 is 1.15 bits per heavy atom. The van der Waals surface area contributed by atoms with E-state index in [4.69, 9.17) is 11.6 Å². The minimum absolute atomic E-state index is 0.115. The molecule has 4 nitrogen and oxygen atoms in total. The quantitative estimate of drug-likeness (QED) is 0.455. The van der Waals surface area contributed by atoms with E-state index >= 15 is 0 Å². The summed E-state index contributed by atoms with van der Waals surface area (Å²) >= 11 is 6.04. The highest BCUT2D eigenvalue weighted by atomic mass is 35.5. The fraction of sp³-hybridized carbons (Fsp3) is 0.273. The van der Waals surface area contributed by atoms with Gasteiger partial charge >= 0.3 is 0 Å². The second-order valence-corrected chi connectivity index (χ2v) is 7.21. The maximum atomic E-state index is 12.8. The van der Waals surface area contributed by atoms with Gasteiger partial charge in [0, 0.05) is 17.1 Å². The van der Waals surface area contributed by atoms with E-state index in [0.29, 0.717) is 17.1 Å². The second kappa shape index (κ2) is 7.97. The van der Waals surface area contributed by atoms with Crippen LogP contribution in [-0.4, -0.2) is 28.2 Å². The molecule has 1 fully saturated rings. The number of ketones is 1. The smallest absolute Gasteiger partial charge is 0.295 e. The number of aliphatic hydroxyl groups is 1. The van der Waals surface area contributed by atoms with Crippen LogP contribution in [0.3, 0.4) is 0 Å². The lowest BCUT2D eigenvalue weighted by Crippen LogP contribution is -2.30. The SMILES string of the molecule is CCCCN1C(=O)C(=O)/C(=C(\O)c2cccc(Cl)c2)C1c1cccc(C)c1. The Morgan fingerprint density at radius 3 is 2.56 bits per heavy atom. The molecule has 1 saturated heterocycles. The molecule has 5 heteroatoms. The molecular weight excluding hydrogens is 362 g/mol. The molecule has 0 aliphatic carbocycles. The Labute approximate surface area is 164 Å². The number of hydrogen-bond donors (Lipinski definition) is 1. The molecule has 2 aromatic rings. The Balaban J connectivity index is 2.18. The monoisotopic (exact) mass is 383 g/mol. The van der Waals surface area contributed by atoms with Crippen LogP contribution < -0.4 is 0 Å². The average Bonchev–Trinajstić information content (AvgIpc) is 2.90. The van der Waals surface area contributed by atoms with Gasteiger partial charge in [-0.05, 0) is 31.0 Å². The lowest BCUT2D eigenvalue weighted by Gasteiger charge is -2.25. The number of aryl methyl sites for hydroxylation is 1. The highest BCUT2D eigenvalue weighted by molar-refractivity contribution is 6.46. The van der Waals surface area contributed by atoms with Crippen molar-refractivity contribution in [2.75, 3.05) is 6.54 Å². The highest BCUT2D eigenvalue weighted by Gasteiger charge is 2.45. The van der Waals surface area contributed by atoms with Crippen molar-refractivity contribution in [1.29, 1.82) is 0 Å². The van der Waals surface area contributed by atoms with Crippen LogP contribution in [0.25, 0.3) is 5.76 Å². The van der Waals surface area contributed by atoms with Gasteiger partial charge < -0.3 is 10.0 Å². The molecule has 0 bridgehead atoms. The molecule has 1 N–H and O–H groups in total. The zero-order chi connectivity index (χ0) is 19.6. The van der Waals surface area contributed by atoms with E-state index in [-0.39, 0.29) is 11.3 Å². The first kappa shape index (κ1) is 19.2. The topological polar surface area (TPSA) is 57.6 Å². The van der Waals surface area contributed by atoms with E-state index in [2.05, 4.69) is 0 Å². The Hall–Kier alpha value is -2.59.